The standard InChI is InChI=1S/C7H12NOP/c1-6-2-3-8(10)4-7(6)5-9/h5H,2-4,10H2,1H3. The lowest BCUT2D eigenvalue weighted by Crippen LogP contribution is -2.22. The van der Waals surface area contributed by atoms with Gasteiger partial charge in [-0.25, -0.2) is 0 Å². The highest BCUT2D eigenvalue weighted by atomic mass is 31.0. The molecule has 0 N–H and O–H groups in total. The van der Waals surface area contributed by atoms with E-state index in [1.165, 1.54) is 5.57 Å². The SMILES string of the molecule is CC1=C(C=O)CN(P)CC1. The highest BCUT2D eigenvalue weighted by Crippen LogP contribution is 2.17. The van der Waals surface area contributed by atoms with E-state index in [4.69, 9.17) is 0 Å². The Hall–Kier alpha value is -0.200. The average molecular weight is 157 g/mol. The number of carbonyl (C=O) groups excluding carboxylic acids is 1. The molecule has 0 saturated carbocycles. The maximum Gasteiger partial charge on any atom is 0.147 e. The minimum Gasteiger partial charge on any atom is -0.298 e. The number of nitrogens with zero attached hydrogens (tertiary/aromatic N) is 1. The number of carbonyl (C=O) groups is 1. The van der Waals surface area contributed by atoms with Crippen molar-refractivity contribution in [3.63, 3.8) is 0 Å². The van der Waals surface area contributed by atoms with Crippen LogP contribution in [0.4, 0.5) is 0 Å². The molecule has 1 rings (SSSR count). The Bertz CT molecular complexity index is 176. The summed E-state index contributed by atoms with van der Waals surface area (Å²) in [5, 5.41) is 0. The summed E-state index contributed by atoms with van der Waals surface area (Å²) in [7, 11) is 2.62. The predicted molar refractivity (Wildman–Crippen MR) is 44.7 cm³/mol. The second kappa shape index (κ2) is 3.27. The van der Waals surface area contributed by atoms with Crippen LogP contribution in [0.15, 0.2) is 11.1 Å². The summed E-state index contributed by atoms with van der Waals surface area (Å²) in [6, 6.07) is 0. The molecule has 56 valence electrons. The summed E-state index contributed by atoms with van der Waals surface area (Å²) in [5.41, 5.74) is 2.19. The van der Waals surface area contributed by atoms with E-state index in [9.17, 15) is 4.79 Å². The van der Waals surface area contributed by atoms with Crippen molar-refractivity contribution in [1.82, 2.24) is 4.67 Å². The molecule has 0 radical (unpaired) electrons. The molecule has 1 heterocycles. The molecule has 0 aromatic rings. The van der Waals surface area contributed by atoms with E-state index in [1.54, 1.807) is 0 Å². The molecule has 0 fully saturated rings. The fourth-order valence-corrected chi connectivity index (χ4v) is 1.37. The summed E-state index contributed by atoms with van der Waals surface area (Å²) in [4.78, 5) is 10.4. The fraction of sp³-hybridized carbons (Fsp3) is 0.571. The average Bonchev–Trinajstić information content (AvgIpc) is 1.94. The van der Waals surface area contributed by atoms with Gasteiger partial charge in [0.05, 0.1) is 0 Å². The molecule has 3 heteroatoms. The molecule has 1 aliphatic heterocycles. The van der Waals surface area contributed by atoms with E-state index in [1.807, 2.05) is 6.92 Å². The molecule has 2 nitrogen and oxygen atoms in total. The van der Waals surface area contributed by atoms with Crippen LogP contribution < -0.4 is 0 Å². The second-order valence-electron chi connectivity index (χ2n) is 2.64. The van der Waals surface area contributed by atoms with Crippen LogP contribution in [0.25, 0.3) is 0 Å². The quantitative estimate of drug-likeness (QED) is 0.418. The van der Waals surface area contributed by atoms with Gasteiger partial charge >= 0.3 is 0 Å². The Kier molecular flexibility index (Phi) is 2.58. The first kappa shape index (κ1) is 7.90. The van der Waals surface area contributed by atoms with E-state index in [-0.39, 0.29) is 0 Å². The van der Waals surface area contributed by atoms with Gasteiger partial charge in [0.2, 0.25) is 0 Å². The van der Waals surface area contributed by atoms with Gasteiger partial charge in [0.1, 0.15) is 6.29 Å². The number of aldehydes is 1. The van der Waals surface area contributed by atoms with Gasteiger partial charge < -0.3 is 0 Å². The van der Waals surface area contributed by atoms with E-state index < -0.39 is 0 Å². The zero-order chi connectivity index (χ0) is 7.56. The summed E-state index contributed by atoms with van der Waals surface area (Å²) < 4.78 is 2.08. The van der Waals surface area contributed by atoms with Crippen LogP contribution in [-0.4, -0.2) is 24.0 Å². The second-order valence-corrected chi connectivity index (χ2v) is 3.37. The van der Waals surface area contributed by atoms with Crippen molar-refractivity contribution in [1.29, 1.82) is 0 Å². The molecule has 1 aliphatic rings. The lowest BCUT2D eigenvalue weighted by atomic mass is 10.0. The molecule has 10 heavy (non-hydrogen) atoms. The van der Waals surface area contributed by atoms with Gasteiger partial charge in [-0.1, -0.05) is 15.0 Å². The van der Waals surface area contributed by atoms with E-state index >= 15 is 0 Å². The first-order chi connectivity index (χ1) is 4.74. The molecule has 0 aliphatic carbocycles. The van der Waals surface area contributed by atoms with Crippen LogP contribution in [-0.2, 0) is 4.79 Å². The van der Waals surface area contributed by atoms with Crippen molar-refractivity contribution in [2.24, 2.45) is 0 Å². The van der Waals surface area contributed by atoms with Crippen molar-refractivity contribution in [2.75, 3.05) is 13.1 Å². The van der Waals surface area contributed by atoms with Gasteiger partial charge in [-0.15, -0.1) is 0 Å². The summed E-state index contributed by atoms with van der Waals surface area (Å²) in [6.07, 6.45) is 1.99. The minimum absolute atomic E-state index is 0.792. The van der Waals surface area contributed by atoms with Crippen molar-refractivity contribution in [3.8, 4) is 0 Å². The predicted octanol–water partition coefficient (Wildman–Crippen LogP) is 0.998. The Balaban J connectivity index is 2.71. The summed E-state index contributed by atoms with van der Waals surface area (Å²) in [5.74, 6) is 0. The Morgan fingerprint density at radius 1 is 1.70 bits per heavy atom. The van der Waals surface area contributed by atoms with Crippen LogP contribution in [0, 0.1) is 0 Å². The van der Waals surface area contributed by atoms with Crippen LogP contribution >= 0.6 is 9.39 Å². The third kappa shape index (κ3) is 1.65. The molecule has 0 saturated heterocycles. The fourth-order valence-electron chi connectivity index (χ4n) is 1.04. The van der Waals surface area contributed by atoms with Crippen molar-refractivity contribution in [2.45, 2.75) is 13.3 Å². The molecule has 0 amide bonds. The molecule has 0 aromatic carbocycles. The van der Waals surface area contributed by atoms with Crippen molar-refractivity contribution >= 4 is 15.7 Å². The number of hydrogen-bond donors (Lipinski definition) is 0. The minimum atomic E-state index is 0.792. The Morgan fingerprint density at radius 3 is 2.90 bits per heavy atom. The maximum absolute atomic E-state index is 10.4. The lowest BCUT2D eigenvalue weighted by molar-refractivity contribution is -0.105. The van der Waals surface area contributed by atoms with Crippen molar-refractivity contribution < 1.29 is 4.79 Å². The normalized spacial score (nSPS) is 21.4. The van der Waals surface area contributed by atoms with Crippen LogP contribution in [0.5, 0.6) is 0 Å². The maximum atomic E-state index is 10.4. The Morgan fingerprint density at radius 2 is 2.40 bits per heavy atom. The summed E-state index contributed by atoms with van der Waals surface area (Å²) >= 11 is 0. The molecule has 0 aromatic heterocycles. The van der Waals surface area contributed by atoms with Gasteiger partial charge in [-0.2, -0.15) is 0 Å². The van der Waals surface area contributed by atoms with E-state index in [0.29, 0.717) is 0 Å². The van der Waals surface area contributed by atoms with Gasteiger partial charge in [-0.05, 0) is 13.3 Å². The monoisotopic (exact) mass is 157 g/mol. The van der Waals surface area contributed by atoms with Gasteiger partial charge in [0, 0.05) is 18.7 Å². The zero-order valence-corrected chi connectivity index (χ0v) is 7.29. The first-order valence-corrected chi connectivity index (χ1v) is 3.89. The highest BCUT2D eigenvalue weighted by Gasteiger charge is 2.11. The first-order valence-electron chi connectivity index (χ1n) is 3.37. The third-order valence-electron chi connectivity index (χ3n) is 1.84. The number of rotatable bonds is 1. The van der Waals surface area contributed by atoms with E-state index in [0.717, 1.165) is 31.4 Å². The topological polar surface area (TPSA) is 20.3 Å². The molecular formula is C7H12NOP. The van der Waals surface area contributed by atoms with Crippen LogP contribution in [0.3, 0.4) is 0 Å². The van der Waals surface area contributed by atoms with E-state index in [2.05, 4.69) is 14.1 Å². The van der Waals surface area contributed by atoms with Crippen LogP contribution in [0.2, 0.25) is 0 Å². The zero-order valence-electron chi connectivity index (χ0n) is 6.13. The van der Waals surface area contributed by atoms with Crippen molar-refractivity contribution in [3.05, 3.63) is 11.1 Å². The number of hydrogen-bond acceptors (Lipinski definition) is 2. The molecular weight excluding hydrogens is 145 g/mol. The van der Waals surface area contributed by atoms with Crippen LogP contribution in [0.1, 0.15) is 13.3 Å². The third-order valence-corrected chi connectivity index (χ3v) is 2.28. The summed E-state index contributed by atoms with van der Waals surface area (Å²) in [6.45, 7) is 3.87. The molecule has 1 unspecified atom stereocenters. The molecule has 1 atom stereocenters. The highest BCUT2D eigenvalue weighted by molar-refractivity contribution is 7.13. The lowest BCUT2D eigenvalue weighted by Gasteiger charge is -2.22. The van der Waals surface area contributed by atoms with Gasteiger partial charge in [-0.3, -0.25) is 9.46 Å². The molecule has 0 spiro atoms. The van der Waals surface area contributed by atoms with Gasteiger partial charge in [0.25, 0.3) is 0 Å². The molecule has 0 bridgehead atoms. The largest absolute Gasteiger partial charge is 0.298 e. The Labute approximate surface area is 63.5 Å². The smallest absolute Gasteiger partial charge is 0.147 e. The van der Waals surface area contributed by atoms with Gasteiger partial charge in [0.15, 0.2) is 0 Å².